The van der Waals surface area contributed by atoms with Crippen LogP contribution >= 0.6 is 0 Å². The summed E-state index contributed by atoms with van der Waals surface area (Å²) < 4.78 is 27.3. The minimum Gasteiger partial charge on any atom is -0.479 e. The van der Waals surface area contributed by atoms with Crippen LogP contribution in [0.3, 0.4) is 0 Å². The number of hydrogen-bond donors (Lipinski definition) is 4. The third-order valence-corrected chi connectivity index (χ3v) is 11.5. The van der Waals surface area contributed by atoms with Crippen molar-refractivity contribution in [2.24, 2.45) is 11.8 Å². The second kappa shape index (κ2) is 15.4. The van der Waals surface area contributed by atoms with Crippen LogP contribution in [-0.4, -0.2) is 90.8 Å². The molecule has 45 heavy (non-hydrogen) atoms. The number of sulfonamides is 1. The second-order valence-corrected chi connectivity index (χ2v) is 14.9. The lowest BCUT2D eigenvalue weighted by molar-refractivity contribution is -0.145. The van der Waals surface area contributed by atoms with Crippen LogP contribution in [0.5, 0.6) is 0 Å². The number of likely N-dealkylation sites (N-methyl/N-ethyl adjacent to an activating group) is 1. The molecular weight excluding hydrogens is 598 g/mol. The Morgan fingerprint density at radius 1 is 1.04 bits per heavy atom. The molecule has 4 rings (SSSR count). The lowest BCUT2D eigenvalue weighted by Gasteiger charge is -2.36. The first-order valence-electron chi connectivity index (χ1n) is 16.4. The fourth-order valence-corrected chi connectivity index (χ4v) is 7.78. The smallest absolute Gasteiger partial charge is 0.329 e. The average molecular weight is 648 g/mol. The molecule has 1 aromatic carbocycles. The second-order valence-electron chi connectivity index (χ2n) is 12.8. The maximum Gasteiger partial charge on any atom is 0.329 e. The summed E-state index contributed by atoms with van der Waals surface area (Å²) in [5, 5.41) is 18.2. The number of carboxylic acids is 1. The van der Waals surface area contributed by atoms with Gasteiger partial charge in [0.05, 0.1) is 11.4 Å². The van der Waals surface area contributed by atoms with Crippen molar-refractivity contribution in [1.82, 2.24) is 25.2 Å². The molecular formula is C32H49N5O7S. The van der Waals surface area contributed by atoms with Crippen molar-refractivity contribution in [3.63, 3.8) is 0 Å². The molecule has 3 aliphatic rings. The summed E-state index contributed by atoms with van der Waals surface area (Å²) in [6.45, 7) is 2.23. The molecule has 1 saturated heterocycles. The van der Waals surface area contributed by atoms with Crippen molar-refractivity contribution >= 4 is 33.8 Å². The normalized spacial score (nSPS) is 23.7. The molecule has 4 atom stereocenters. The number of nitrogens with one attached hydrogen (secondary N) is 3. The van der Waals surface area contributed by atoms with E-state index >= 15 is 0 Å². The summed E-state index contributed by atoms with van der Waals surface area (Å²) in [5.74, 6) is -1.92. The molecule has 4 amide bonds. The van der Waals surface area contributed by atoms with Crippen molar-refractivity contribution in [2.45, 2.75) is 106 Å². The lowest BCUT2D eigenvalue weighted by Crippen LogP contribution is -2.56. The van der Waals surface area contributed by atoms with Gasteiger partial charge in [0, 0.05) is 26.2 Å². The first-order valence-corrected chi connectivity index (χ1v) is 17.8. The number of rotatable bonds is 17. The number of hydrogen-bond acceptors (Lipinski definition) is 6. The summed E-state index contributed by atoms with van der Waals surface area (Å²) in [6, 6.07) is 6.30. The molecule has 1 heterocycles. The van der Waals surface area contributed by atoms with Gasteiger partial charge in [0.1, 0.15) is 11.6 Å². The third-order valence-electron chi connectivity index (χ3n) is 9.71. The predicted octanol–water partition coefficient (Wildman–Crippen LogP) is 3.09. The zero-order chi connectivity index (χ0) is 32.6. The van der Waals surface area contributed by atoms with Gasteiger partial charge in [-0.05, 0) is 62.5 Å². The zero-order valence-corrected chi connectivity index (χ0v) is 27.3. The summed E-state index contributed by atoms with van der Waals surface area (Å²) in [6.07, 6.45) is 10.3. The van der Waals surface area contributed by atoms with E-state index in [0.29, 0.717) is 25.8 Å². The van der Waals surface area contributed by atoms with Crippen LogP contribution in [0.15, 0.2) is 35.2 Å². The summed E-state index contributed by atoms with van der Waals surface area (Å²) >= 11 is 0. The topological polar surface area (TPSA) is 165 Å². The molecule has 0 spiro atoms. The van der Waals surface area contributed by atoms with Crippen LogP contribution in [0.25, 0.3) is 0 Å². The van der Waals surface area contributed by atoms with Crippen molar-refractivity contribution in [3.8, 4) is 0 Å². The van der Waals surface area contributed by atoms with Gasteiger partial charge in [-0.25, -0.2) is 18.0 Å². The Hall–Kier alpha value is -3.19. The number of carboxylic acid groups (broad SMARTS) is 1. The van der Waals surface area contributed by atoms with E-state index in [-0.39, 0.29) is 29.8 Å². The van der Waals surface area contributed by atoms with E-state index in [2.05, 4.69) is 22.9 Å². The Balaban J connectivity index is 1.27. The number of amides is 4. The monoisotopic (exact) mass is 647 g/mol. The molecule has 0 bridgehead atoms. The summed E-state index contributed by atoms with van der Waals surface area (Å²) in [7, 11) is -2.25. The van der Waals surface area contributed by atoms with Gasteiger partial charge in [0.25, 0.3) is 0 Å². The highest BCUT2D eigenvalue weighted by Crippen LogP contribution is 2.47. The number of benzene rings is 1. The van der Waals surface area contributed by atoms with Crippen LogP contribution in [0.1, 0.15) is 84.0 Å². The zero-order valence-electron chi connectivity index (χ0n) is 26.5. The number of unbranched alkanes of at least 4 members (excludes halogenated alkanes) is 4. The molecule has 13 heteroatoms. The van der Waals surface area contributed by atoms with E-state index in [1.165, 1.54) is 28.4 Å². The highest BCUT2D eigenvalue weighted by Gasteiger charge is 2.61. The highest BCUT2D eigenvalue weighted by molar-refractivity contribution is 7.89. The third kappa shape index (κ3) is 8.55. The molecule has 3 fully saturated rings. The first-order chi connectivity index (χ1) is 21.5. The van der Waals surface area contributed by atoms with Crippen LogP contribution < -0.4 is 16.0 Å². The van der Waals surface area contributed by atoms with Crippen LogP contribution in [0.2, 0.25) is 0 Å². The number of nitrogens with zero attached hydrogens (tertiary/aromatic N) is 2. The van der Waals surface area contributed by atoms with Gasteiger partial charge < -0.3 is 26.0 Å². The Bertz CT molecular complexity index is 1310. The summed E-state index contributed by atoms with van der Waals surface area (Å²) in [4.78, 5) is 53.0. The fourth-order valence-electron chi connectivity index (χ4n) is 6.56. The van der Waals surface area contributed by atoms with Crippen molar-refractivity contribution < 1.29 is 32.7 Å². The molecule has 0 radical (unpaired) electrons. The molecule has 1 aliphatic heterocycles. The van der Waals surface area contributed by atoms with Crippen molar-refractivity contribution in [1.29, 1.82) is 0 Å². The SMILES string of the molecule is CCCCCCCC1C[C@]1(NC(=O)[C@@H]1CCCN1C(=O)CNC(=O)NC(CN(C)S(=O)(=O)c1ccccc1)C1CCC1)C(=O)O. The van der Waals surface area contributed by atoms with E-state index in [1.54, 1.807) is 18.2 Å². The maximum atomic E-state index is 13.2. The van der Waals surface area contributed by atoms with Gasteiger partial charge in [0.2, 0.25) is 21.8 Å². The Morgan fingerprint density at radius 2 is 1.76 bits per heavy atom. The predicted molar refractivity (Wildman–Crippen MR) is 169 cm³/mol. The van der Waals surface area contributed by atoms with Crippen LogP contribution in [0.4, 0.5) is 4.79 Å². The molecule has 0 aromatic heterocycles. The minimum absolute atomic E-state index is 0.0860. The van der Waals surface area contributed by atoms with E-state index < -0.39 is 51.5 Å². The maximum absolute atomic E-state index is 13.2. The van der Waals surface area contributed by atoms with E-state index in [9.17, 15) is 32.7 Å². The van der Waals surface area contributed by atoms with Gasteiger partial charge in [-0.15, -0.1) is 0 Å². The van der Waals surface area contributed by atoms with E-state index in [1.807, 2.05) is 0 Å². The van der Waals surface area contributed by atoms with Crippen molar-refractivity contribution in [2.75, 3.05) is 26.7 Å². The molecule has 2 unspecified atom stereocenters. The molecule has 2 aliphatic carbocycles. The van der Waals surface area contributed by atoms with Gasteiger partial charge >= 0.3 is 12.0 Å². The number of likely N-dealkylation sites (tertiary alicyclic amines) is 1. The standard InChI is InChI=1S/C32H49N5O7S/c1-3-4-5-6-8-15-24-20-32(24,30(40)41)35-29(39)27-18-12-19-37(27)28(38)21-33-31(42)34-26(23-13-11-14-23)22-36(2)45(43,44)25-16-9-7-10-17-25/h7,9-10,16-17,23-24,26-27H,3-6,8,11-15,18-22H2,1-2H3,(H,35,39)(H,40,41)(H2,33,34,42)/t24?,26?,27-,32+/m0/s1. The van der Waals surface area contributed by atoms with Gasteiger partial charge in [-0.3, -0.25) is 9.59 Å². The van der Waals surface area contributed by atoms with Crippen LogP contribution in [-0.2, 0) is 24.4 Å². The molecule has 4 N–H and O–H groups in total. The van der Waals surface area contributed by atoms with Gasteiger partial charge in [-0.1, -0.05) is 63.6 Å². The van der Waals surface area contributed by atoms with Gasteiger partial charge in [0.15, 0.2) is 0 Å². The number of aliphatic carboxylic acids is 1. The number of carbonyl (C=O) groups is 4. The molecule has 1 aromatic rings. The Morgan fingerprint density at radius 3 is 2.40 bits per heavy atom. The van der Waals surface area contributed by atoms with Gasteiger partial charge in [-0.2, -0.15) is 4.31 Å². The van der Waals surface area contributed by atoms with Crippen LogP contribution in [0, 0.1) is 11.8 Å². The molecule has 250 valence electrons. The average Bonchev–Trinajstić information content (AvgIpc) is 3.45. The Kier molecular flexibility index (Phi) is 11.9. The van der Waals surface area contributed by atoms with Crippen molar-refractivity contribution in [3.05, 3.63) is 30.3 Å². The van der Waals surface area contributed by atoms with E-state index in [0.717, 1.165) is 57.8 Å². The highest BCUT2D eigenvalue weighted by atomic mass is 32.2. The quantitative estimate of drug-likeness (QED) is 0.189. The lowest BCUT2D eigenvalue weighted by atomic mass is 9.79. The fraction of sp³-hybridized carbons (Fsp3) is 0.688. The number of urea groups is 1. The van der Waals surface area contributed by atoms with E-state index in [4.69, 9.17) is 0 Å². The molecule has 12 nitrogen and oxygen atoms in total. The first kappa shape index (κ1) is 34.7. The minimum atomic E-state index is -3.74. The molecule has 2 saturated carbocycles. The Labute approximate surface area is 266 Å². The largest absolute Gasteiger partial charge is 0.479 e. The summed E-state index contributed by atoms with van der Waals surface area (Å²) in [5.41, 5.74) is -1.27. The number of carbonyl (C=O) groups excluding carboxylic acids is 3.